The van der Waals surface area contributed by atoms with Gasteiger partial charge in [-0.15, -0.1) is 0 Å². The van der Waals surface area contributed by atoms with Crippen LogP contribution in [0.1, 0.15) is 109 Å². The first-order valence-corrected chi connectivity index (χ1v) is 13.1. The van der Waals surface area contributed by atoms with Crippen LogP contribution in [0.3, 0.4) is 0 Å². The Morgan fingerprint density at radius 3 is 2.10 bits per heavy atom. The summed E-state index contributed by atoms with van der Waals surface area (Å²) in [5.74, 6) is 0.648. The molecule has 0 aromatic carbocycles. The third kappa shape index (κ3) is 15.5. The normalized spacial score (nSPS) is 15.7. The number of ketones is 1. The number of nitrogens with one attached hydrogen (secondary N) is 2. The van der Waals surface area contributed by atoms with Crippen LogP contribution in [0.4, 0.5) is 0 Å². The molecule has 1 atom stereocenters. The van der Waals surface area contributed by atoms with Gasteiger partial charge in [-0.2, -0.15) is 0 Å². The molecular weight excluding hydrogens is 388 g/mol. The van der Waals surface area contributed by atoms with Gasteiger partial charge in [-0.3, -0.25) is 9.59 Å². The summed E-state index contributed by atoms with van der Waals surface area (Å²) in [6.45, 7) is 3.60. The summed E-state index contributed by atoms with van der Waals surface area (Å²) in [6, 6.07) is -0.333. The molecule has 0 heterocycles. The van der Waals surface area contributed by atoms with Crippen LogP contribution in [-0.2, 0) is 9.59 Å². The molecule has 6 heteroatoms. The first kappa shape index (κ1) is 28.1. The molecule has 0 bridgehead atoms. The summed E-state index contributed by atoms with van der Waals surface area (Å²) in [6.07, 6.45) is 18.3. The predicted octanol–water partition coefficient (Wildman–Crippen LogP) is 3.81. The lowest BCUT2D eigenvalue weighted by Crippen LogP contribution is -2.33. The van der Waals surface area contributed by atoms with Crippen molar-refractivity contribution in [2.45, 2.75) is 115 Å². The molecule has 1 aliphatic carbocycles. The summed E-state index contributed by atoms with van der Waals surface area (Å²) in [5, 5.41) is 6.47. The lowest BCUT2D eigenvalue weighted by Gasteiger charge is -2.20. The summed E-state index contributed by atoms with van der Waals surface area (Å²) in [4.78, 5) is 24.3. The van der Waals surface area contributed by atoms with Crippen LogP contribution in [0.5, 0.6) is 0 Å². The Bertz CT molecular complexity index is 453. The second kappa shape index (κ2) is 19.7. The topological polar surface area (TPSA) is 110 Å². The van der Waals surface area contributed by atoms with Gasteiger partial charge in [0.2, 0.25) is 5.91 Å². The van der Waals surface area contributed by atoms with Gasteiger partial charge >= 0.3 is 0 Å². The van der Waals surface area contributed by atoms with Gasteiger partial charge in [-0.1, -0.05) is 51.4 Å². The van der Waals surface area contributed by atoms with E-state index in [0.717, 1.165) is 71.0 Å². The highest BCUT2D eigenvalue weighted by atomic mass is 16.2. The van der Waals surface area contributed by atoms with Gasteiger partial charge in [0, 0.05) is 18.9 Å². The van der Waals surface area contributed by atoms with E-state index in [1.807, 2.05) is 0 Å². The summed E-state index contributed by atoms with van der Waals surface area (Å²) in [7, 11) is 0. The Morgan fingerprint density at radius 1 is 0.774 bits per heavy atom. The Morgan fingerprint density at radius 2 is 1.39 bits per heavy atom. The van der Waals surface area contributed by atoms with Gasteiger partial charge in [0.15, 0.2) is 0 Å². The van der Waals surface area contributed by atoms with E-state index in [0.29, 0.717) is 13.0 Å². The van der Waals surface area contributed by atoms with Crippen molar-refractivity contribution >= 4 is 11.7 Å². The van der Waals surface area contributed by atoms with Crippen LogP contribution in [0.25, 0.3) is 0 Å². The maximum atomic E-state index is 12.2. The van der Waals surface area contributed by atoms with E-state index in [1.165, 1.54) is 51.4 Å². The molecule has 0 aromatic heterocycles. The molecule has 6 N–H and O–H groups in total. The minimum absolute atomic E-state index is 0.204. The van der Waals surface area contributed by atoms with Crippen molar-refractivity contribution in [2.24, 2.45) is 17.4 Å². The molecule has 1 amide bonds. The minimum atomic E-state index is -0.333. The summed E-state index contributed by atoms with van der Waals surface area (Å²) >= 11 is 0. The lowest BCUT2D eigenvalue weighted by molar-refractivity contribution is -0.126. The monoisotopic (exact) mass is 438 g/mol. The third-order valence-electron chi connectivity index (χ3n) is 6.47. The number of carbonyl (C=O) groups excluding carboxylic acids is 2. The van der Waals surface area contributed by atoms with E-state index in [-0.39, 0.29) is 23.7 Å². The quantitative estimate of drug-likeness (QED) is 0.216. The van der Waals surface area contributed by atoms with E-state index in [9.17, 15) is 9.59 Å². The molecule has 1 saturated carbocycles. The van der Waals surface area contributed by atoms with Crippen molar-refractivity contribution in [2.75, 3.05) is 26.2 Å². The zero-order valence-electron chi connectivity index (χ0n) is 20.0. The first-order valence-electron chi connectivity index (χ1n) is 13.1. The van der Waals surface area contributed by atoms with Crippen molar-refractivity contribution in [3.05, 3.63) is 0 Å². The number of Topliss-reactive ketones (excluding diaryl/α,β-unsaturated/α-hetero) is 1. The van der Waals surface area contributed by atoms with Crippen molar-refractivity contribution < 1.29 is 9.59 Å². The van der Waals surface area contributed by atoms with Crippen LogP contribution in [-0.4, -0.2) is 43.9 Å². The van der Waals surface area contributed by atoms with E-state index in [1.54, 1.807) is 0 Å². The Balaban J connectivity index is 1.87. The van der Waals surface area contributed by atoms with Crippen molar-refractivity contribution in [3.63, 3.8) is 0 Å². The van der Waals surface area contributed by atoms with Gasteiger partial charge < -0.3 is 22.1 Å². The van der Waals surface area contributed by atoms with Crippen LogP contribution in [0.15, 0.2) is 0 Å². The zero-order chi connectivity index (χ0) is 22.6. The fraction of sp³-hybridized carbons (Fsp3) is 0.920. The lowest BCUT2D eigenvalue weighted by atomic mass is 9.88. The number of rotatable bonds is 20. The van der Waals surface area contributed by atoms with Crippen molar-refractivity contribution in [1.29, 1.82) is 0 Å². The maximum Gasteiger partial charge on any atom is 0.223 e. The van der Waals surface area contributed by atoms with Crippen LogP contribution in [0.2, 0.25) is 0 Å². The van der Waals surface area contributed by atoms with Gasteiger partial charge in [0.1, 0.15) is 5.78 Å². The molecule has 0 aromatic rings. The number of hydrogen-bond acceptors (Lipinski definition) is 5. The van der Waals surface area contributed by atoms with E-state index in [2.05, 4.69) is 10.6 Å². The zero-order valence-corrected chi connectivity index (χ0v) is 20.0. The molecule has 31 heavy (non-hydrogen) atoms. The highest BCUT2D eigenvalue weighted by Gasteiger charge is 2.20. The average molecular weight is 439 g/mol. The number of hydrogen-bond donors (Lipinski definition) is 4. The second-order valence-electron chi connectivity index (χ2n) is 9.31. The molecule has 1 aliphatic rings. The number of unbranched alkanes of at least 4 members (excludes halogenated alkanes) is 7. The van der Waals surface area contributed by atoms with E-state index < -0.39 is 0 Å². The highest BCUT2D eigenvalue weighted by Crippen LogP contribution is 2.23. The second-order valence-corrected chi connectivity index (χ2v) is 9.31. The fourth-order valence-corrected chi connectivity index (χ4v) is 4.34. The third-order valence-corrected chi connectivity index (χ3v) is 6.47. The molecule has 0 aliphatic heterocycles. The predicted molar refractivity (Wildman–Crippen MR) is 130 cm³/mol. The van der Waals surface area contributed by atoms with Gasteiger partial charge in [0.25, 0.3) is 0 Å². The SMILES string of the molecule is NCCCNCCCCCCCCCC(=O)[C@@H](N)CCCCNC(=O)C1CCCCC1. The van der Waals surface area contributed by atoms with Crippen LogP contribution < -0.4 is 22.1 Å². The van der Waals surface area contributed by atoms with Crippen LogP contribution in [0, 0.1) is 5.92 Å². The standard InChI is InChI=1S/C25H50N4O2/c26-18-13-20-28-19-11-5-3-1-2-4-9-17-24(30)23(27)16-10-12-21-29-25(31)22-14-7-6-8-15-22/h22-23,28H,1-21,26-27H2,(H,29,31)/t23-/m0/s1. The molecule has 0 radical (unpaired) electrons. The smallest absolute Gasteiger partial charge is 0.223 e. The summed E-state index contributed by atoms with van der Waals surface area (Å²) < 4.78 is 0. The Hall–Kier alpha value is -0.980. The van der Waals surface area contributed by atoms with Crippen molar-refractivity contribution in [1.82, 2.24) is 10.6 Å². The minimum Gasteiger partial charge on any atom is -0.356 e. The molecule has 1 rings (SSSR count). The fourth-order valence-electron chi connectivity index (χ4n) is 4.34. The van der Waals surface area contributed by atoms with Gasteiger partial charge in [-0.05, 0) is 71.0 Å². The Kier molecular flexibility index (Phi) is 17.8. The Labute approximate surface area is 191 Å². The summed E-state index contributed by atoms with van der Waals surface area (Å²) in [5.41, 5.74) is 11.5. The van der Waals surface area contributed by atoms with Gasteiger partial charge in [0.05, 0.1) is 6.04 Å². The number of amides is 1. The maximum absolute atomic E-state index is 12.2. The number of nitrogens with two attached hydrogens (primary N) is 2. The molecule has 182 valence electrons. The highest BCUT2D eigenvalue weighted by molar-refractivity contribution is 5.83. The molecule has 1 fully saturated rings. The molecule has 0 spiro atoms. The average Bonchev–Trinajstić information content (AvgIpc) is 2.79. The van der Waals surface area contributed by atoms with Crippen molar-refractivity contribution in [3.8, 4) is 0 Å². The van der Waals surface area contributed by atoms with Gasteiger partial charge in [-0.25, -0.2) is 0 Å². The first-order chi connectivity index (χ1) is 15.1. The number of carbonyl (C=O) groups is 2. The largest absolute Gasteiger partial charge is 0.356 e. The van der Waals surface area contributed by atoms with E-state index >= 15 is 0 Å². The molecule has 6 nitrogen and oxygen atoms in total. The molecule has 0 unspecified atom stereocenters. The van der Waals surface area contributed by atoms with E-state index in [4.69, 9.17) is 11.5 Å². The van der Waals surface area contributed by atoms with Crippen LogP contribution >= 0.6 is 0 Å². The molecular formula is C25H50N4O2. The molecule has 0 saturated heterocycles.